The zero-order valence-corrected chi connectivity index (χ0v) is 13.8. The van der Waals surface area contributed by atoms with Crippen LogP contribution >= 0.6 is 0 Å². The highest BCUT2D eigenvalue weighted by Gasteiger charge is 2.33. The third kappa shape index (κ3) is 4.25. The summed E-state index contributed by atoms with van der Waals surface area (Å²) in [5.74, 6) is 0.0896. The van der Waals surface area contributed by atoms with Gasteiger partial charge >= 0.3 is 6.61 Å². The number of halogens is 2. The van der Waals surface area contributed by atoms with Gasteiger partial charge in [0.15, 0.2) is 0 Å². The van der Waals surface area contributed by atoms with Crippen molar-refractivity contribution in [2.45, 2.75) is 25.4 Å². The molecule has 3 rings (SSSR count). The van der Waals surface area contributed by atoms with Crippen LogP contribution in [-0.4, -0.2) is 25.9 Å². The van der Waals surface area contributed by atoms with E-state index in [4.69, 9.17) is 10.5 Å². The van der Waals surface area contributed by atoms with Crippen molar-refractivity contribution in [3.8, 4) is 5.75 Å². The maximum absolute atomic E-state index is 12.5. The third-order valence-electron chi connectivity index (χ3n) is 4.07. The van der Waals surface area contributed by atoms with Gasteiger partial charge in [-0.2, -0.15) is 8.78 Å². The van der Waals surface area contributed by atoms with E-state index in [2.05, 4.69) is 15.4 Å². The van der Waals surface area contributed by atoms with Crippen LogP contribution in [0.3, 0.4) is 0 Å². The highest BCUT2D eigenvalue weighted by atomic mass is 19.3. The van der Waals surface area contributed by atoms with Crippen molar-refractivity contribution in [1.82, 2.24) is 5.32 Å². The van der Waals surface area contributed by atoms with Crippen molar-refractivity contribution in [2.24, 2.45) is 5.73 Å². The number of anilines is 2. The van der Waals surface area contributed by atoms with Crippen molar-refractivity contribution in [3.05, 3.63) is 54.1 Å². The number of rotatable bonds is 5. The molecule has 1 aliphatic rings. The molecule has 134 valence electrons. The molecule has 7 heteroatoms. The minimum absolute atomic E-state index is 0.0896. The number of para-hydroxylation sites is 2. The lowest BCUT2D eigenvalue weighted by Crippen LogP contribution is -2.53. The number of nitrogens with one attached hydrogen (secondary N) is 2. The van der Waals surface area contributed by atoms with Gasteiger partial charge in [-0.05, 0) is 36.8 Å². The molecule has 2 unspecified atom stereocenters. The molecule has 1 saturated heterocycles. The summed E-state index contributed by atoms with van der Waals surface area (Å²) >= 11 is 0. The molecular formula is C18H21F2N3O2. The fourth-order valence-corrected chi connectivity index (χ4v) is 2.89. The standard InChI is InChI=1S/C18H21F2N3O2/c1-18(11-22-10-16(21)25-18)12-5-4-6-13(9-12)23-14-7-2-3-8-15(14)24-17(19)20/h2-9,16-17,22-23H,10-11,21H2,1H3. The number of hydrogen-bond donors (Lipinski definition) is 3. The van der Waals surface area contributed by atoms with Crippen LogP contribution in [0, 0.1) is 0 Å². The molecule has 4 N–H and O–H groups in total. The van der Waals surface area contributed by atoms with Gasteiger partial charge in [0.1, 0.15) is 17.6 Å². The van der Waals surface area contributed by atoms with Crippen LogP contribution in [0.1, 0.15) is 12.5 Å². The minimum atomic E-state index is -2.88. The second-order valence-corrected chi connectivity index (χ2v) is 6.10. The molecule has 2 atom stereocenters. The highest BCUT2D eigenvalue weighted by molar-refractivity contribution is 5.66. The van der Waals surface area contributed by atoms with Crippen LogP contribution in [0.2, 0.25) is 0 Å². The van der Waals surface area contributed by atoms with Gasteiger partial charge in [-0.25, -0.2) is 0 Å². The summed E-state index contributed by atoms with van der Waals surface area (Å²) < 4.78 is 35.6. The van der Waals surface area contributed by atoms with Crippen LogP contribution in [-0.2, 0) is 10.3 Å². The van der Waals surface area contributed by atoms with E-state index < -0.39 is 12.2 Å². The maximum Gasteiger partial charge on any atom is 0.387 e. The number of ether oxygens (including phenoxy) is 2. The molecule has 5 nitrogen and oxygen atoms in total. The van der Waals surface area contributed by atoms with Crippen molar-refractivity contribution in [3.63, 3.8) is 0 Å². The first kappa shape index (κ1) is 17.6. The molecule has 0 radical (unpaired) electrons. The first-order chi connectivity index (χ1) is 12.0. The number of benzene rings is 2. The van der Waals surface area contributed by atoms with Crippen molar-refractivity contribution in [1.29, 1.82) is 0 Å². The quantitative estimate of drug-likeness (QED) is 0.774. The highest BCUT2D eigenvalue weighted by Crippen LogP contribution is 2.32. The number of alkyl halides is 2. The number of hydrogen-bond acceptors (Lipinski definition) is 5. The Bertz CT molecular complexity index is 729. The van der Waals surface area contributed by atoms with Crippen LogP contribution in [0.4, 0.5) is 20.2 Å². The molecule has 0 amide bonds. The second-order valence-electron chi connectivity index (χ2n) is 6.10. The lowest BCUT2D eigenvalue weighted by molar-refractivity contribution is -0.107. The first-order valence-electron chi connectivity index (χ1n) is 8.02. The van der Waals surface area contributed by atoms with Crippen LogP contribution < -0.4 is 21.1 Å². The Morgan fingerprint density at radius 1 is 1.28 bits per heavy atom. The van der Waals surface area contributed by atoms with E-state index in [-0.39, 0.29) is 12.0 Å². The predicted octanol–water partition coefficient (Wildman–Crippen LogP) is 3.15. The Morgan fingerprint density at radius 3 is 2.84 bits per heavy atom. The summed E-state index contributed by atoms with van der Waals surface area (Å²) in [5.41, 5.74) is 7.47. The van der Waals surface area contributed by atoms with Crippen LogP contribution in [0.15, 0.2) is 48.5 Å². The Hall–Kier alpha value is -2.22. The minimum Gasteiger partial charge on any atom is -0.433 e. The van der Waals surface area contributed by atoms with Crippen molar-refractivity contribution >= 4 is 11.4 Å². The Kier molecular flexibility index (Phi) is 5.17. The van der Waals surface area contributed by atoms with Crippen LogP contribution in [0.25, 0.3) is 0 Å². The van der Waals surface area contributed by atoms with E-state index in [1.807, 2.05) is 31.2 Å². The van der Waals surface area contributed by atoms with Gasteiger partial charge in [0, 0.05) is 18.8 Å². The summed E-state index contributed by atoms with van der Waals surface area (Å²) in [6.07, 6.45) is -0.379. The van der Waals surface area contributed by atoms with Crippen LogP contribution in [0.5, 0.6) is 5.75 Å². The molecule has 1 fully saturated rings. The van der Waals surface area contributed by atoms with Crippen molar-refractivity contribution in [2.75, 3.05) is 18.4 Å². The van der Waals surface area contributed by atoms with Gasteiger partial charge in [-0.1, -0.05) is 24.3 Å². The molecule has 0 saturated carbocycles. The van der Waals surface area contributed by atoms with E-state index in [0.29, 0.717) is 18.8 Å². The third-order valence-corrected chi connectivity index (χ3v) is 4.07. The normalized spacial score (nSPS) is 23.5. The van der Waals surface area contributed by atoms with E-state index >= 15 is 0 Å². The molecule has 1 aliphatic heterocycles. The lowest BCUT2D eigenvalue weighted by atomic mass is 9.94. The molecule has 1 heterocycles. The molecule has 0 spiro atoms. The van der Waals surface area contributed by atoms with Gasteiger partial charge in [0.25, 0.3) is 0 Å². The molecular weight excluding hydrogens is 328 g/mol. The van der Waals surface area contributed by atoms with Crippen molar-refractivity contribution < 1.29 is 18.3 Å². The molecule has 0 bridgehead atoms. The average Bonchev–Trinajstić information content (AvgIpc) is 2.56. The van der Waals surface area contributed by atoms with Gasteiger partial charge in [-0.15, -0.1) is 0 Å². The summed E-state index contributed by atoms with van der Waals surface area (Å²) in [5, 5.41) is 6.37. The summed E-state index contributed by atoms with van der Waals surface area (Å²) in [4.78, 5) is 0. The Labute approximate surface area is 145 Å². The van der Waals surface area contributed by atoms with Gasteiger partial charge < -0.3 is 25.8 Å². The maximum atomic E-state index is 12.5. The zero-order chi connectivity index (χ0) is 17.9. The summed E-state index contributed by atoms with van der Waals surface area (Å²) in [6, 6.07) is 14.2. The number of morpholine rings is 1. The summed E-state index contributed by atoms with van der Waals surface area (Å²) in [6.45, 7) is 0.323. The zero-order valence-electron chi connectivity index (χ0n) is 13.8. The lowest BCUT2D eigenvalue weighted by Gasteiger charge is -2.38. The second kappa shape index (κ2) is 7.35. The average molecular weight is 349 g/mol. The van der Waals surface area contributed by atoms with Gasteiger partial charge in [-0.3, -0.25) is 0 Å². The Balaban J connectivity index is 1.83. The molecule has 0 aromatic heterocycles. The van der Waals surface area contributed by atoms with Gasteiger partial charge in [0.2, 0.25) is 0 Å². The first-order valence-corrected chi connectivity index (χ1v) is 8.02. The molecule has 0 aliphatic carbocycles. The largest absolute Gasteiger partial charge is 0.433 e. The summed E-state index contributed by atoms with van der Waals surface area (Å²) in [7, 11) is 0. The monoisotopic (exact) mass is 349 g/mol. The topological polar surface area (TPSA) is 68.5 Å². The fourth-order valence-electron chi connectivity index (χ4n) is 2.89. The predicted molar refractivity (Wildman–Crippen MR) is 92.1 cm³/mol. The SMILES string of the molecule is CC1(c2cccc(Nc3ccccc3OC(F)F)c2)CNCC(N)O1. The van der Waals surface area contributed by atoms with E-state index in [1.165, 1.54) is 6.07 Å². The van der Waals surface area contributed by atoms with E-state index in [1.54, 1.807) is 18.2 Å². The smallest absolute Gasteiger partial charge is 0.387 e. The number of nitrogens with two attached hydrogens (primary N) is 1. The van der Waals surface area contributed by atoms with E-state index in [0.717, 1.165) is 11.3 Å². The Morgan fingerprint density at radius 2 is 2.08 bits per heavy atom. The van der Waals surface area contributed by atoms with E-state index in [9.17, 15) is 8.78 Å². The molecule has 25 heavy (non-hydrogen) atoms. The molecule has 2 aromatic carbocycles. The fraction of sp³-hybridized carbons (Fsp3) is 0.333. The molecule has 2 aromatic rings. The van der Waals surface area contributed by atoms with Gasteiger partial charge in [0.05, 0.1) is 5.69 Å².